The highest BCUT2D eigenvalue weighted by atomic mass is 16.1. The maximum absolute atomic E-state index is 13.3. The molecule has 27 heavy (non-hydrogen) atoms. The van der Waals surface area contributed by atoms with E-state index in [1.165, 1.54) is 0 Å². The van der Waals surface area contributed by atoms with E-state index in [9.17, 15) is 4.79 Å². The van der Waals surface area contributed by atoms with Crippen molar-refractivity contribution in [2.75, 3.05) is 5.32 Å². The smallest absolute Gasteiger partial charge is 0.236 e. The van der Waals surface area contributed by atoms with Crippen LogP contribution in [0.3, 0.4) is 0 Å². The van der Waals surface area contributed by atoms with Crippen LogP contribution in [0, 0.1) is 6.92 Å². The number of aryl methyl sites for hydroxylation is 1. The van der Waals surface area contributed by atoms with Gasteiger partial charge >= 0.3 is 0 Å². The Bertz CT molecular complexity index is 1040. The Balaban J connectivity index is 1.76. The molecule has 0 atom stereocenters. The minimum atomic E-state index is -0.375. The number of para-hydroxylation sites is 1. The number of hydrogen-bond acceptors (Lipinski definition) is 2. The number of hydrogen-bond donors (Lipinski definition) is 1. The molecule has 0 aliphatic carbocycles. The lowest BCUT2D eigenvalue weighted by Gasteiger charge is -2.19. The lowest BCUT2D eigenvalue weighted by molar-refractivity contribution is -0.116. The SMILES string of the molecule is Cc1cc(NC(=O)C(c2ccccc2)c2ccccc2)c2ccccc2n1. The van der Waals surface area contributed by atoms with Gasteiger partial charge < -0.3 is 5.32 Å². The minimum Gasteiger partial charge on any atom is -0.325 e. The van der Waals surface area contributed by atoms with Gasteiger partial charge in [-0.2, -0.15) is 0 Å². The molecule has 0 unspecified atom stereocenters. The van der Waals surface area contributed by atoms with Crippen LogP contribution >= 0.6 is 0 Å². The summed E-state index contributed by atoms with van der Waals surface area (Å²) in [4.78, 5) is 17.9. The largest absolute Gasteiger partial charge is 0.325 e. The van der Waals surface area contributed by atoms with E-state index in [0.29, 0.717) is 0 Å². The molecular weight excluding hydrogens is 332 g/mol. The van der Waals surface area contributed by atoms with E-state index in [4.69, 9.17) is 0 Å². The normalized spacial score (nSPS) is 10.9. The molecule has 0 aliphatic rings. The molecule has 132 valence electrons. The van der Waals surface area contributed by atoms with Gasteiger partial charge in [-0.05, 0) is 30.2 Å². The van der Waals surface area contributed by atoms with Crippen molar-refractivity contribution in [1.82, 2.24) is 4.98 Å². The number of nitrogens with one attached hydrogen (secondary N) is 1. The Kier molecular flexibility index (Phi) is 4.67. The van der Waals surface area contributed by atoms with E-state index in [-0.39, 0.29) is 11.8 Å². The van der Waals surface area contributed by atoms with Gasteiger partial charge in [-0.25, -0.2) is 0 Å². The third-order valence-electron chi connectivity index (χ3n) is 4.63. The van der Waals surface area contributed by atoms with Crippen molar-refractivity contribution in [2.45, 2.75) is 12.8 Å². The molecule has 1 N–H and O–H groups in total. The molecule has 0 fully saturated rings. The molecule has 3 heteroatoms. The molecule has 0 bridgehead atoms. The average molecular weight is 352 g/mol. The molecule has 0 aliphatic heterocycles. The molecule has 0 radical (unpaired) electrons. The van der Waals surface area contributed by atoms with E-state index in [2.05, 4.69) is 10.3 Å². The topological polar surface area (TPSA) is 42.0 Å². The van der Waals surface area contributed by atoms with E-state index >= 15 is 0 Å². The molecule has 0 spiro atoms. The summed E-state index contributed by atoms with van der Waals surface area (Å²) >= 11 is 0. The van der Waals surface area contributed by atoms with Gasteiger partial charge in [-0.15, -0.1) is 0 Å². The number of pyridine rings is 1. The maximum Gasteiger partial charge on any atom is 0.236 e. The van der Waals surface area contributed by atoms with Crippen LogP contribution in [-0.4, -0.2) is 10.9 Å². The molecule has 1 aromatic heterocycles. The van der Waals surface area contributed by atoms with Crippen molar-refractivity contribution in [2.24, 2.45) is 0 Å². The van der Waals surface area contributed by atoms with Crippen LogP contribution in [0.25, 0.3) is 10.9 Å². The van der Waals surface area contributed by atoms with E-state index < -0.39 is 0 Å². The number of aromatic nitrogens is 1. The molecular formula is C24H20N2O. The first kappa shape index (κ1) is 17.0. The first-order chi connectivity index (χ1) is 13.2. The molecule has 0 saturated carbocycles. The Morgan fingerprint density at radius 1 is 0.815 bits per heavy atom. The summed E-state index contributed by atoms with van der Waals surface area (Å²) in [5.74, 6) is -0.428. The first-order valence-electron chi connectivity index (χ1n) is 8.99. The summed E-state index contributed by atoms with van der Waals surface area (Å²) in [6.07, 6.45) is 0. The predicted molar refractivity (Wildman–Crippen MR) is 110 cm³/mol. The molecule has 4 rings (SSSR count). The second-order valence-electron chi connectivity index (χ2n) is 6.57. The summed E-state index contributed by atoms with van der Waals surface area (Å²) in [5.41, 5.74) is 4.48. The van der Waals surface area contributed by atoms with E-state index in [1.54, 1.807) is 0 Å². The lowest BCUT2D eigenvalue weighted by Crippen LogP contribution is -2.22. The molecule has 3 aromatic carbocycles. The molecule has 1 heterocycles. The number of fused-ring (bicyclic) bond motifs is 1. The van der Waals surface area contributed by atoms with E-state index in [1.807, 2.05) is 97.9 Å². The van der Waals surface area contributed by atoms with Crippen LogP contribution < -0.4 is 5.32 Å². The zero-order valence-corrected chi connectivity index (χ0v) is 15.1. The van der Waals surface area contributed by atoms with Gasteiger partial charge in [0.1, 0.15) is 0 Å². The number of amides is 1. The lowest BCUT2D eigenvalue weighted by atomic mass is 9.90. The number of anilines is 1. The van der Waals surface area contributed by atoms with Gasteiger partial charge in [0.25, 0.3) is 0 Å². The Labute approximate surface area is 158 Å². The monoisotopic (exact) mass is 352 g/mol. The number of carbonyl (C=O) groups excluding carboxylic acids is 1. The van der Waals surface area contributed by atoms with Gasteiger partial charge in [0.05, 0.1) is 17.1 Å². The summed E-state index contributed by atoms with van der Waals surface area (Å²) in [5, 5.41) is 4.08. The highest BCUT2D eigenvalue weighted by Crippen LogP contribution is 2.29. The summed E-state index contributed by atoms with van der Waals surface area (Å²) < 4.78 is 0. The highest BCUT2D eigenvalue weighted by molar-refractivity contribution is 6.04. The van der Waals surface area contributed by atoms with Crippen LogP contribution in [0.2, 0.25) is 0 Å². The van der Waals surface area contributed by atoms with E-state index in [0.717, 1.165) is 33.4 Å². The first-order valence-corrected chi connectivity index (χ1v) is 8.99. The second kappa shape index (κ2) is 7.42. The fraction of sp³-hybridized carbons (Fsp3) is 0.0833. The summed E-state index contributed by atoms with van der Waals surface area (Å²) in [6.45, 7) is 1.94. The van der Waals surface area contributed by atoms with Crippen molar-refractivity contribution in [3.05, 3.63) is 108 Å². The molecule has 0 saturated heterocycles. The maximum atomic E-state index is 13.3. The highest BCUT2D eigenvalue weighted by Gasteiger charge is 2.23. The van der Waals surface area contributed by atoms with Gasteiger partial charge in [0, 0.05) is 11.1 Å². The van der Waals surface area contributed by atoms with Crippen LogP contribution in [0.4, 0.5) is 5.69 Å². The fourth-order valence-electron chi connectivity index (χ4n) is 3.40. The number of benzene rings is 3. The van der Waals surface area contributed by atoms with Crippen LogP contribution in [-0.2, 0) is 4.79 Å². The minimum absolute atomic E-state index is 0.0526. The standard InChI is InChI=1S/C24H20N2O/c1-17-16-22(20-14-8-9-15-21(20)25-17)26-24(27)23(18-10-4-2-5-11-18)19-12-6-3-7-13-19/h2-16,23H,1H3,(H,25,26,27). The quantitative estimate of drug-likeness (QED) is 0.540. The van der Waals surface area contributed by atoms with Crippen molar-refractivity contribution < 1.29 is 4.79 Å². The zero-order chi connectivity index (χ0) is 18.6. The predicted octanol–water partition coefficient (Wildman–Crippen LogP) is 5.31. The Morgan fingerprint density at radius 3 is 2.00 bits per heavy atom. The summed E-state index contributed by atoms with van der Waals surface area (Å²) in [6, 6.07) is 29.5. The van der Waals surface area contributed by atoms with Gasteiger partial charge in [-0.3, -0.25) is 9.78 Å². The van der Waals surface area contributed by atoms with Gasteiger partial charge in [0.2, 0.25) is 5.91 Å². The van der Waals surface area contributed by atoms with Gasteiger partial charge in [-0.1, -0.05) is 78.9 Å². The third-order valence-corrected chi connectivity index (χ3v) is 4.63. The summed E-state index contributed by atoms with van der Waals surface area (Å²) in [7, 11) is 0. The van der Waals surface area contributed by atoms with Crippen LogP contribution in [0.15, 0.2) is 91.0 Å². The number of carbonyl (C=O) groups is 1. The molecule has 1 amide bonds. The van der Waals surface area contributed by atoms with Crippen molar-refractivity contribution in [1.29, 1.82) is 0 Å². The van der Waals surface area contributed by atoms with Crippen molar-refractivity contribution in [3.8, 4) is 0 Å². The number of nitrogens with zero attached hydrogens (tertiary/aromatic N) is 1. The third kappa shape index (κ3) is 3.58. The second-order valence-corrected chi connectivity index (χ2v) is 6.57. The van der Waals surface area contributed by atoms with Crippen LogP contribution in [0.1, 0.15) is 22.7 Å². The molecule has 3 nitrogen and oxygen atoms in total. The van der Waals surface area contributed by atoms with Crippen molar-refractivity contribution >= 4 is 22.5 Å². The Morgan fingerprint density at radius 2 is 1.37 bits per heavy atom. The Hall–Kier alpha value is -3.46. The fourth-order valence-corrected chi connectivity index (χ4v) is 3.40. The number of rotatable bonds is 4. The molecule has 4 aromatic rings. The average Bonchev–Trinajstić information content (AvgIpc) is 2.70. The van der Waals surface area contributed by atoms with Crippen LogP contribution in [0.5, 0.6) is 0 Å². The van der Waals surface area contributed by atoms with Gasteiger partial charge in [0.15, 0.2) is 0 Å². The zero-order valence-electron chi connectivity index (χ0n) is 15.1. The van der Waals surface area contributed by atoms with Crippen molar-refractivity contribution in [3.63, 3.8) is 0 Å².